The molecule has 1 rings (SSSR count). The smallest absolute Gasteiger partial charge is 0.337 e. The molecule has 1 aromatic rings. The van der Waals surface area contributed by atoms with Gasteiger partial charge in [0.2, 0.25) is 5.91 Å². The number of carbonyl (C=O) groups is 2. The maximum Gasteiger partial charge on any atom is 0.337 e. The van der Waals surface area contributed by atoms with Crippen molar-refractivity contribution in [2.45, 2.75) is 31.6 Å². The van der Waals surface area contributed by atoms with Gasteiger partial charge >= 0.3 is 5.97 Å². The summed E-state index contributed by atoms with van der Waals surface area (Å²) in [5.41, 5.74) is 0.107. The first-order chi connectivity index (χ1) is 9.85. The Morgan fingerprint density at radius 2 is 1.86 bits per heavy atom. The second kappa shape index (κ2) is 7.21. The van der Waals surface area contributed by atoms with E-state index >= 15 is 0 Å². The first-order valence-corrected chi connectivity index (χ1v) is 8.09. The molecule has 0 radical (unpaired) electrons. The Balaban J connectivity index is 3.03. The molecule has 0 atom stereocenters. The van der Waals surface area contributed by atoms with E-state index in [1.807, 2.05) is 18.6 Å². The second-order valence-corrected chi connectivity index (χ2v) is 6.18. The molecule has 0 aliphatic heterocycles. The number of nitrogens with one attached hydrogen (secondary N) is 1. The van der Waals surface area contributed by atoms with E-state index in [1.54, 1.807) is 0 Å². The molecule has 7 heteroatoms. The van der Waals surface area contributed by atoms with Gasteiger partial charge in [0.15, 0.2) is 0 Å². The Hall–Kier alpha value is -1.89. The number of methoxy groups -OCH3 is 1. The molecule has 1 aromatic carbocycles. The van der Waals surface area contributed by atoms with Crippen LogP contribution in [0.2, 0.25) is 0 Å². The molecule has 6 nitrogen and oxygen atoms in total. The molecule has 116 valence electrons. The Kier molecular flexibility index (Phi) is 5.90. The first kappa shape index (κ1) is 17.2. The average Bonchev–Trinajstić information content (AvgIpc) is 2.47. The minimum absolute atomic E-state index is 0.107. The third-order valence-corrected chi connectivity index (χ3v) is 4.50. The minimum atomic E-state index is -4.00. The van der Waals surface area contributed by atoms with Gasteiger partial charge in [-0.3, -0.25) is 4.79 Å². The van der Waals surface area contributed by atoms with E-state index in [-0.39, 0.29) is 16.4 Å². The number of hydrogen-bond acceptors (Lipinski definition) is 5. The van der Waals surface area contributed by atoms with Gasteiger partial charge in [-0.1, -0.05) is 19.9 Å². The summed E-state index contributed by atoms with van der Waals surface area (Å²) >= 11 is 0. The van der Waals surface area contributed by atoms with Gasteiger partial charge < -0.3 is 4.74 Å². The van der Waals surface area contributed by atoms with Crippen LogP contribution >= 0.6 is 0 Å². The molecule has 0 unspecified atom stereocenters. The molecule has 1 N–H and O–H groups in total. The van der Waals surface area contributed by atoms with Crippen molar-refractivity contribution in [1.82, 2.24) is 4.72 Å². The van der Waals surface area contributed by atoms with Crippen molar-refractivity contribution in [2.75, 3.05) is 7.11 Å². The number of hydrogen-bond donors (Lipinski definition) is 1. The first-order valence-electron chi connectivity index (χ1n) is 6.60. The van der Waals surface area contributed by atoms with E-state index in [0.717, 1.165) is 0 Å². The van der Waals surface area contributed by atoms with Gasteiger partial charge in [-0.15, -0.1) is 0 Å². The van der Waals surface area contributed by atoms with Crippen LogP contribution in [0.4, 0.5) is 0 Å². The Labute approximate surface area is 124 Å². The number of carbonyl (C=O) groups excluding carboxylic acids is 2. The van der Waals surface area contributed by atoms with Gasteiger partial charge in [0.05, 0.1) is 17.6 Å². The lowest BCUT2D eigenvalue weighted by Gasteiger charge is -2.13. The third-order valence-electron chi connectivity index (χ3n) is 3.16. The summed E-state index contributed by atoms with van der Waals surface area (Å²) in [5, 5.41) is 0. The fourth-order valence-corrected chi connectivity index (χ4v) is 2.93. The summed E-state index contributed by atoms with van der Waals surface area (Å²) in [4.78, 5) is 23.2. The zero-order chi connectivity index (χ0) is 16.0. The standard InChI is InChI=1S/C14H19NO5S/c1-4-10(5-2)13(16)15-21(18,19)12-8-6-7-11(9-12)14(17)20-3/h6-10H,4-5H2,1-3H3,(H,15,16). The number of ether oxygens (including phenoxy) is 1. The van der Waals surface area contributed by atoms with Gasteiger partial charge in [-0.05, 0) is 31.0 Å². The summed E-state index contributed by atoms with van der Waals surface area (Å²) in [5.74, 6) is -1.54. The molecule has 0 saturated carbocycles. The zero-order valence-corrected chi connectivity index (χ0v) is 13.1. The molecular weight excluding hydrogens is 294 g/mol. The van der Waals surface area contributed by atoms with Crippen molar-refractivity contribution in [2.24, 2.45) is 5.92 Å². The summed E-state index contributed by atoms with van der Waals surface area (Å²) in [6, 6.07) is 5.35. The maximum absolute atomic E-state index is 12.2. The van der Waals surface area contributed by atoms with Gasteiger partial charge in [0.1, 0.15) is 0 Å². The van der Waals surface area contributed by atoms with Gasteiger partial charge in [0, 0.05) is 5.92 Å². The van der Waals surface area contributed by atoms with Gasteiger partial charge in [-0.2, -0.15) is 0 Å². The topological polar surface area (TPSA) is 89.5 Å². The molecule has 0 spiro atoms. The molecular formula is C14H19NO5S. The molecule has 1 amide bonds. The van der Waals surface area contributed by atoms with Crippen molar-refractivity contribution in [3.05, 3.63) is 29.8 Å². The SMILES string of the molecule is CCC(CC)C(=O)NS(=O)(=O)c1cccc(C(=O)OC)c1. The fraction of sp³-hybridized carbons (Fsp3) is 0.429. The highest BCUT2D eigenvalue weighted by Crippen LogP contribution is 2.14. The summed E-state index contributed by atoms with van der Waals surface area (Å²) in [6.07, 6.45) is 1.11. The molecule has 0 bridgehead atoms. The fourth-order valence-electron chi connectivity index (χ4n) is 1.84. The van der Waals surface area contributed by atoms with Crippen LogP contribution in [-0.4, -0.2) is 27.4 Å². The highest BCUT2D eigenvalue weighted by molar-refractivity contribution is 7.90. The summed E-state index contributed by atoms with van der Waals surface area (Å²) < 4.78 is 30.9. The molecule has 0 aromatic heterocycles. The quantitative estimate of drug-likeness (QED) is 0.808. The molecule has 0 fully saturated rings. The highest BCUT2D eigenvalue weighted by atomic mass is 32.2. The Bertz CT molecular complexity index is 620. The Morgan fingerprint density at radius 1 is 1.24 bits per heavy atom. The normalized spacial score (nSPS) is 11.2. The number of esters is 1. The lowest BCUT2D eigenvalue weighted by Crippen LogP contribution is -2.35. The average molecular weight is 313 g/mol. The van der Waals surface area contributed by atoms with Crippen molar-refractivity contribution in [1.29, 1.82) is 0 Å². The van der Waals surface area contributed by atoms with Gasteiger partial charge in [-0.25, -0.2) is 17.9 Å². The largest absolute Gasteiger partial charge is 0.465 e. The number of rotatable bonds is 6. The molecule has 0 aliphatic rings. The molecule has 0 aliphatic carbocycles. The van der Waals surface area contributed by atoms with Crippen LogP contribution < -0.4 is 4.72 Å². The number of sulfonamides is 1. The van der Waals surface area contributed by atoms with Crippen LogP contribution in [0.1, 0.15) is 37.0 Å². The second-order valence-electron chi connectivity index (χ2n) is 4.50. The third kappa shape index (κ3) is 4.29. The van der Waals surface area contributed by atoms with Crippen molar-refractivity contribution >= 4 is 21.9 Å². The molecule has 0 heterocycles. The monoisotopic (exact) mass is 313 g/mol. The summed E-state index contributed by atoms with van der Waals surface area (Å²) in [6.45, 7) is 3.64. The van der Waals surface area contributed by atoms with Crippen LogP contribution in [0.25, 0.3) is 0 Å². The van der Waals surface area contributed by atoms with Crippen LogP contribution in [0.5, 0.6) is 0 Å². The van der Waals surface area contributed by atoms with Gasteiger partial charge in [0.25, 0.3) is 10.0 Å². The van der Waals surface area contributed by atoms with Crippen LogP contribution in [0.15, 0.2) is 29.2 Å². The maximum atomic E-state index is 12.2. The van der Waals surface area contributed by atoms with E-state index < -0.39 is 21.9 Å². The van der Waals surface area contributed by atoms with E-state index in [0.29, 0.717) is 12.8 Å². The van der Waals surface area contributed by atoms with Crippen molar-refractivity contribution < 1.29 is 22.7 Å². The van der Waals surface area contributed by atoms with Crippen molar-refractivity contribution in [3.8, 4) is 0 Å². The van der Waals surface area contributed by atoms with Crippen LogP contribution in [0.3, 0.4) is 0 Å². The van der Waals surface area contributed by atoms with E-state index in [9.17, 15) is 18.0 Å². The van der Waals surface area contributed by atoms with Crippen LogP contribution in [-0.2, 0) is 19.6 Å². The lowest BCUT2D eigenvalue weighted by atomic mass is 10.0. The lowest BCUT2D eigenvalue weighted by molar-refractivity contribution is -0.123. The minimum Gasteiger partial charge on any atom is -0.465 e. The van der Waals surface area contributed by atoms with E-state index in [4.69, 9.17) is 0 Å². The summed E-state index contributed by atoms with van der Waals surface area (Å²) in [7, 11) is -2.79. The number of benzene rings is 1. The predicted octanol–water partition coefficient (Wildman–Crippen LogP) is 1.71. The Morgan fingerprint density at radius 3 is 2.38 bits per heavy atom. The zero-order valence-electron chi connectivity index (χ0n) is 12.3. The van der Waals surface area contributed by atoms with Crippen LogP contribution in [0, 0.1) is 5.92 Å². The van der Waals surface area contributed by atoms with E-state index in [1.165, 1.54) is 31.4 Å². The number of amides is 1. The molecule has 21 heavy (non-hydrogen) atoms. The van der Waals surface area contributed by atoms with Crippen molar-refractivity contribution in [3.63, 3.8) is 0 Å². The predicted molar refractivity (Wildman–Crippen MR) is 77.2 cm³/mol. The molecule has 0 saturated heterocycles. The van der Waals surface area contributed by atoms with E-state index in [2.05, 4.69) is 4.74 Å². The highest BCUT2D eigenvalue weighted by Gasteiger charge is 2.23.